The van der Waals surface area contributed by atoms with Crippen LogP contribution in [0.5, 0.6) is 0 Å². The molecule has 0 saturated carbocycles. The third-order valence-electron chi connectivity index (χ3n) is 12.2. The molecule has 2 aliphatic rings. The lowest BCUT2D eigenvalue weighted by Gasteiger charge is -2.26. The number of hydrogen-bond donors (Lipinski definition) is 3. The maximum Gasteiger partial charge on any atom is 0.315 e. The fourth-order valence-corrected chi connectivity index (χ4v) is 10.4. The minimum atomic E-state index is -4.84. The Morgan fingerprint density at radius 1 is 0.710 bits per heavy atom. The van der Waals surface area contributed by atoms with Gasteiger partial charge >= 0.3 is 18.0 Å². The van der Waals surface area contributed by atoms with Gasteiger partial charge in [0, 0.05) is 24.0 Å². The van der Waals surface area contributed by atoms with Crippen molar-refractivity contribution in [3.05, 3.63) is 0 Å². The van der Waals surface area contributed by atoms with Crippen LogP contribution in [0.3, 0.4) is 0 Å². The van der Waals surface area contributed by atoms with E-state index < -0.39 is 38.4 Å². The smallest absolute Gasteiger partial charge is 0.315 e. The predicted molar refractivity (Wildman–Crippen MR) is 248 cm³/mol. The zero-order valence-corrected chi connectivity index (χ0v) is 40.9. The molecule has 0 spiro atoms. The van der Waals surface area contributed by atoms with E-state index in [9.17, 15) is 28.6 Å². The molecule has 2 fully saturated rings. The molecule has 0 aromatic carbocycles. The summed E-state index contributed by atoms with van der Waals surface area (Å²) in [4.78, 5) is 62.7. The number of fused-ring (bicyclic) bond motifs is 1. The number of amides is 3. The van der Waals surface area contributed by atoms with E-state index in [1.54, 1.807) is 6.92 Å². The Hall–Kier alpha value is -1.86. The van der Waals surface area contributed by atoms with Gasteiger partial charge < -0.3 is 39.4 Å². The van der Waals surface area contributed by atoms with Crippen LogP contribution in [0.2, 0.25) is 0 Å². The van der Waals surface area contributed by atoms with Gasteiger partial charge in [0.15, 0.2) is 6.10 Å². The highest BCUT2D eigenvalue weighted by atomic mass is 32.2. The highest BCUT2D eigenvalue weighted by Crippen LogP contribution is 2.38. The second-order valence-corrected chi connectivity index (χ2v) is 20.6. The van der Waals surface area contributed by atoms with E-state index >= 15 is 0 Å². The molecule has 2 rings (SSSR count). The first kappa shape index (κ1) is 56.3. The van der Waals surface area contributed by atoms with E-state index in [0.717, 1.165) is 57.1 Å². The highest BCUT2D eigenvalue weighted by molar-refractivity contribution is 8.00. The van der Waals surface area contributed by atoms with Crippen LogP contribution in [0.25, 0.3) is 0 Å². The third kappa shape index (κ3) is 27.5. The topological polar surface area (TPSA) is 181 Å². The van der Waals surface area contributed by atoms with E-state index in [1.807, 2.05) is 18.7 Å². The average molecular weight is 917 g/mol. The molecule has 0 aromatic heterocycles. The Bertz CT molecular complexity index is 1260. The zero-order valence-electron chi connectivity index (χ0n) is 39.2. The number of ether oxygens (including phenoxy) is 2. The lowest BCUT2D eigenvalue weighted by Crippen LogP contribution is -2.36. The number of esters is 2. The van der Waals surface area contributed by atoms with Gasteiger partial charge in [-0.3, -0.25) is 18.9 Å². The van der Waals surface area contributed by atoms with Crippen molar-refractivity contribution in [3.63, 3.8) is 0 Å². The number of nitrogens with one attached hydrogen (secondary N) is 3. The van der Waals surface area contributed by atoms with Crippen molar-refractivity contribution in [2.45, 2.75) is 231 Å². The van der Waals surface area contributed by atoms with Crippen LogP contribution in [0.1, 0.15) is 207 Å². The maximum atomic E-state index is 13.1. The van der Waals surface area contributed by atoms with Crippen molar-refractivity contribution in [1.82, 2.24) is 16.0 Å². The second-order valence-electron chi connectivity index (χ2n) is 17.9. The molecule has 0 aliphatic carbocycles. The van der Waals surface area contributed by atoms with Crippen LogP contribution >= 0.6 is 19.6 Å². The van der Waals surface area contributed by atoms with Gasteiger partial charge in [-0.25, -0.2) is 4.79 Å². The molecule has 2 heterocycles. The van der Waals surface area contributed by atoms with Crippen molar-refractivity contribution in [2.24, 2.45) is 11.8 Å². The van der Waals surface area contributed by atoms with E-state index in [0.29, 0.717) is 30.9 Å². The highest BCUT2D eigenvalue weighted by Gasteiger charge is 2.42. The van der Waals surface area contributed by atoms with E-state index in [4.69, 9.17) is 18.5 Å². The number of hydrogen-bond acceptors (Lipinski definition) is 11. The Labute approximate surface area is 380 Å². The first-order chi connectivity index (χ1) is 30.0. The van der Waals surface area contributed by atoms with Crippen molar-refractivity contribution < 1.29 is 47.2 Å². The van der Waals surface area contributed by atoms with Gasteiger partial charge in [0.05, 0.1) is 37.1 Å². The maximum absolute atomic E-state index is 13.1. The van der Waals surface area contributed by atoms with Gasteiger partial charge in [0.1, 0.15) is 6.61 Å². The van der Waals surface area contributed by atoms with Crippen LogP contribution in [-0.4, -0.2) is 79.4 Å². The molecule has 7 atom stereocenters. The summed E-state index contributed by atoms with van der Waals surface area (Å²) in [5, 5.41) is 8.90. The monoisotopic (exact) mass is 917 g/mol. The molecule has 0 radical (unpaired) electrons. The Balaban J connectivity index is 1.72. The summed E-state index contributed by atoms with van der Waals surface area (Å²) in [6.45, 7) is 6.84. The van der Waals surface area contributed by atoms with Crippen molar-refractivity contribution in [2.75, 3.05) is 32.1 Å². The first-order valence-electron chi connectivity index (χ1n) is 24.9. The van der Waals surface area contributed by atoms with Crippen molar-refractivity contribution in [1.29, 1.82) is 0 Å². The van der Waals surface area contributed by atoms with Crippen molar-refractivity contribution in [3.8, 4) is 0 Å². The van der Waals surface area contributed by atoms with E-state index in [-0.39, 0.29) is 49.7 Å². The fourth-order valence-electron chi connectivity index (χ4n) is 8.10. The number of carbonyl (C=O) groups excluding carboxylic acids is 4. The quantitative estimate of drug-likeness (QED) is 0.0230. The molecule has 0 aromatic rings. The summed E-state index contributed by atoms with van der Waals surface area (Å²) < 4.78 is 34.0. The lowest BCUT2D eigenvalue weighted by atomic mass is 10.0. The van der Waals surface area contributed by atoms with Crippen LogP contribution in [0.4, 0.5) is 4.79 Å². The molecule has 13 nitrogen and oxygen atoms in total. The molecule has 3 N–H and O–H groups in total. The van der Waals surface area contributed by atoms with Crippen LogP contribution in [-0.2, 0) is 37.5 Å². The largest absolute Gasteiger partial charge is 0.756 e. The lowest BCUT2D eigenvalue weighted by molar-refractivity contribution is -0.228. The summed E-state index contributed by atoms with van der Waals surface area (Å²) >= 11 is 1.83. The molecule has 15 heteroatoms. The molecule has 62 heavy (non-hydrogen) atoms. The number of urea groups is 1. The summed E-state index contributed by atoms with van der Waals surface area (Å²) in [5.74, 6) is -0.992. The zero-order chi connectivity index (χ0) is 45.3. The van der Waals surface area contributed by atoms with Crippen LogP contribution < -0.4 is 20.8 Å². The van der Waals surface area contributed by atoms with Gasteiger partial charge in [-0.15, -0.1) is 0 Å². The Morgan fingerprint density at radius 2 is 1.23 bits per heavy atom. The number of thioether (sulfide) groups is 1. The molecular weight excluding hydrogens is 830 g/mol. The number of rotatable bonds is 41. The first-order valence-corrected chi connectivity index (χ1v) is 27.4. The number of carbonyl (C=O) groups is 4. The van der Waals surface area contributed by atoms with Crippen molar-refractivity contribution >= 4 is 43.5 Å². The summed E-state index contributed by atoms with van der Waals surface area (Å²) in [6, 6.07) is 0.181. The van der Waals surface area contributed by atoms with Gasteiger partial charge in [-0.1, -0.05) is 175 Å². The summed E-state index contributed by atoms with van der Waals surface area (Å²) in [5.41, 5.74) is 0. The Morgan fingerprint density at radius 3 is 1.77 bits per heavy atom. The molecule has 2 saturated heterocycles. The SMILES string of the molecule is CCCCCCCCCCCCCC(C)C(=O)OCC(COP(=O)([O-])OCCNC(=O)CCCCC1SC[C@@H]2NC(=O)N[C@H]12)OC(=O)C(C)CCCCCCCCCCCCC. The number of unbranched alkanes of at least 4 members (excludes halogenated alkanes) is 21. The normalized spacial score (nSPS) is 19.5. The van der Waals surface area contributed by atoms with Gasteiger partial charge in [-0.05, 0) is 25.7 Å². The Kier molecular flexibility index (Phi) is 32.1. The third-order valence-corrected chi connectivity index (χ3v) is 14.6. The minimum absolute atomic E-state index is 0.0298. The molecule has 362 valence electrons. The molecule has 2 aliphatic heterocycles. The van der Waals surface area contributed by atoms with Crippen LogP contribution in [0, 0.1) is 11.8 Å². The number of phosphoric acid groups is 1. The number of phosphoric ester groups is 1. The fraction of sp³-hybridized carbons (Fsp3) is 0.915. The molecule has 3 amide bonds. The van der Waals surface area contributed by atoms with Gasteiger partial charge in [0.2, 0.25) is 5.91 Å². The van der Waals surface area contributed by atoms with Crippen LogP contribution in [0.15, 0.2) is 0 Å². The predicted octanol–water partition coefficient (Wildman–Crippen LogP) is 10.5. The molecular formula is C47H87N3O10PS-. The standard InChI is InChI=1S/C47H88N3O10PS/c1-5-7-9-11-13-15-17-19-21-23-25-29-38(3)45(52)57-35-40(60-46(53)39(4)30-26-24-22-20-18-16-14-12-10-8-6-2)36-59-61(55,56)58-34-33-48-43(51)32-28-27-31-42-44-41(37-62-42)49-47(54)50-44/h38-42,44H,5-37H2,1-4H3,(H,48,51)(H,55,56)(H2,49,50,54)/p-1/t38?,39?,40?,41-,42?,44-/m0/s1. The summed E-state index contributed by atoms with van der Waals surface area (Å²) in [6.07, 6.45) is 29.6. The minimum Gasteiger partial charge on any atom is -0.756 e. The molecule has 0 bridgehead atoms. The summed E-state index contributed by atoms with van der Waals surface area (Å²) in [7, 11) is -4.84. The van der Waals surface area contributed by atoms with E-state index in [1.165, 1.54) is 103 Å². The van der Waals surface area contributed by atoms with E-state index in [2.05, 4.69) is 29.8 Å². The van der Waals surface area contributed by atoms with Gasteiger partial charge in [0.25, 0.3) is 7.82 Å². The average Bonchev–Trinajstić information content (AvgIpc) is 3.81. The second kappa shape index (κ2) is 35.4. The van der Waals surface area contributed by atoms with Gasteiger partial charge in [-0.2, -0.15) is 11.8 Å². The molecule has 5 unspecified atom stereocenters.